The third-order valence-electron chi connectivity index (χ3n) is 1.56. The monoisotopic (exact) mass is 266 g/mol. The molecule has 0 radical (unpaired) electrons. The van der Waals surface area contributed by atoms with Gasteiger partial charge in [0.2, 0.25) is 0 Å². The fraction of sp³-hybridized carbons (Fsp3) is 0.500. The quantitative estimate of drug-likeness (QED) is 0.563. The number of allylic oxidation sites excluding steroid dienone is 2. The van der Waals surface area contributed by atoms with Crippen molar-refractivity contribution < 1.29 is 9.47 Å². The second-order valence-electron chi connectivity index (χ2n) is 2.30. The van der Waals surface area contributed by atoms with Gasteiger partial charge in [0.05, 0.1) is 24.6 Å². The Labute approximate surface area is 80.4 Å². The van der Waals surface area contributed by atoms with Crippen LogP contribution >= 0.6 is 22.6 Å². The molecule has 0 aromatic heterocycles. The molecule has 0 amide bonds. The number of halogens is 1. The number of ether oxygens (including phenoxy) is 2. The molecule has 2 nitrogen and oxygen atoms in total. The molecule has 0 spiro atoms. The first-order valence-corrected chi connectivity index (χ1v) is 4.64. The predicted octanol–water partition coefficient (Wildman–Crippen LogP) is 2.25. The van der Waals surface area contributed by atoms with Crippen molar-refractivity contribution in [1.29, 1.82) is 0 Å². The molecule has 0 N–H and O–H groups in total. The van der Waals surface area contributed by atoms with Crippen molar-refractivity contribution in [2.24, 2.45) is 0 Å². The van der Waals surface area contributed by atoms with Crippen LogP contribution < -0.4 is 0 Å². The summed E-state index contributed by atoms with van der Waals surface area (Å²) in [5.41, 5.74) is 0. The minimum Gasteiger partial charge on any atom is -0.501 e. The second kappa shape index (κ2) is 3.99. The number of alkyl halides is 1. The molecule has 3 heteroatoms. The van der Waals surface area contributed by atoms with Gasteiger partial charge in [-0.15, -0.1) is 0 Å². The van der Waals surface area contributed by atoms with Crippen LogP contribution in [0.15, 0.2) is 23.7 Å². The van der Waals surface area contributed by atoms with Crippen LogP contribution in [0.2, 0.25) is 0 Å². The Kier molecular flexibility index (Phi) is 3.23. The zero-order chi connectivity index (χ0) is 8.27. The summed E-state index contributed by atoms with van der Waals surface area (Å²) in [7, 11) is 3.38. The van der Waals surface area contributed by atoms with Gasteiger partial charge in [0.25, 0.3) is 0 Å². The summed E-state index contributed by atoms with van der Waals surface area (Å²) in [5.74, 6) is 1.98. The molecule has 62 valence electrons. The Morgan fingerprint density at radius 3 is 2.09 bits per heavy atom. The van der Waals surface area contributed by atoms with E-state index in [-0.39, 0.29) is 0 Å². The minimum absolute atomic E-state index is 0.395. The van der Waals surface area contributed by atoms with Crippen molar-refractivity contribution in [3.05, 3.63) is 23.7 Å². The largest absolute Gasteiger partial charge is 0.501 e. The van der Waals surface area contributed by atoms with E-state index < -0.39 is 0 Å². The van der Waals surface area contributed by atoms with E-state index in [1.807, 2.05) is 0 Å². The second-order valence-corrected chi connectivity index (χ2v) is 3.73. The molecule has 1 aliphatic rings. The van der Waals surface area contributed by atoms with Crippen molar-refractivity contribution in [2.45, 2.75) is 10.3 Å². The van der Waals surface area contributed by atoms with Crippen molar-refractivity contribution in [1.82, 2.24) is 0 Å². The molecule has 0 saturated heterocycles. The molecule has 11 heavy (non-hydrogen) atoms. The van der Waals surface area contributed by atoms with E-state index in [2.05, 4.69) is 34.7 Å². The lowest BCUT2D eigenvalue weighted by molar-refractivity contribution is 0.234. The average Bonchev–Trinajstić information content (AvgIpc) is 2.03. The molecule has 0 saturated carbocycles. The molecular formula is C8H11IO2. The molecule has 0 bridgehead atoms. The van der Waals surface area contributed by atoms with Crippen LogP contribution in [0.5, 0.6) is 0 Å². The van der Waals surface area contributed by atoms with Crippen molar-refractivity contribution in [2.75, 3.05) is 14.2 Å². The number of hydrogen-bond acceptors (Lipinski definition) is 2. The van der Waals surface area contributed by atoms with Crippen LogP contribution in [0.3, 0.4) is 0 Å². The van der Waals surface area contributed by atoms with Crippen LogP contribution in [-0.2, 0) is 9.47 Å². The molecule has 0 aromatic carbocycles. The molecule has 0 atom stereocenters. The lowest BCUT2D eigenvalue weighted by Gasteiger charge is -2.15. The lowest BCUT2D eigenvalue weighted by Crippen LogP contribution is -2.04. The molecule has 0 unspecified atom stereocenters. The Morgan fingerprint density at radius 1 is 1.27 bits per heavy atom. The molecule has 0 aliphatic heterocycles. The van der Waals surface area contributed by atoms with Gasteiger partial charge in [0.1, 0.15) is 11.5 Å². The van der Waals surface area contributed by atoms with Crippen LogP contribution in [0.25, 0.3) is 0 Å². The van der Waals surface area contributed by atoms with Gasteiger partial charge in [-0.25, -0.2) is 0 Å². The smallest absolute Gasteiger partial charge is 0.100 e. The predicted molar refractivity (Wildman–Crippen MR) is 52.6 cm³/mol. The van der Waals surface area contributed by atoms with E-state index >= 15 is 0 Å². The first-order valence-electron chi connectivity index (χ1n) is 3.39. The Morgan fingerprint density at radius 2 is 1.73 bits per heavy atom. The standard InChI is InChI=1S/C8H11IO2/c1-10-7-3-6(9)4-8(5-7)11-2/h3-4,6H,5H2,1-2H3. The van der Waals surface area contributed by atoms with E-state index in [9.17, 15) is 0 Å². The highest BCUT2D eigenvalue weighted by atomic mass is 127. The Bertz CT molecular complexity index is 176. The normalized spacial score (nSPS) is 18.8. The van der Waals surface area contributed by atoms with Gasteiger partial charge >= 0.3 is 0 Å². The van der Waals surface area contributed by atoms with Gasteiger partial charge < -0.3 is 9.47 Å². The summed E-state index contributed by atoms with van der Waals surface area (Å²) in [6.07, 6.45) is 4.96. The minimum atomic E-state index is 0.395. The lowest BCUT2D eigenvalue weighted by atomic mass is 10.1. The highest BCUT2D eigenvalue weighted by molar-refractivity contribution is 14.1. The van der Waals surface area contributed by atoms with Gasteiger partial charge in [-0.05, 0) is 12.2 Å². The fourth-order valence-corrected chi connectivity index (χ4v) is 1.78. The van der Waals surface area contributed by atoms with Crippen LogP contribution in [0.4, 0.5) is 0 Å². The van der Waals surface area contributed by atoms with E-state index in [0.29, 0.717) is 3.92 Å². The number of methoxy groups -OCH3 is 2. The first-order chi connectivity index (χ1) is 5.26. The van der Waals surface area contributed by atoms with Gasteiger partial charge in [-0.2, -0.15) is 0 Å². The fourth-order valence-electron chi connectivity index (χ4n) is 0.973. The summed E-state index contributed by atoms with van der Waals surface area (Å²) >= 11 is 2.32. The van der Waals surface area contributed by atoms with Crippen LogP contribution in [-0.4, -0.2) is 18.1 Å². The third-order valence-corrected chi connectivity index (χ3v) is 2.28. The maximum atomic E-state index is 5.13. The number of rotatable bonds is 2. The maximum Gasteiger partial charge on any atom is 0.100 e. The topological polar surface area (TPSA) is 18.5 Å². The van der Waals surface area contributed by atoms with E-state index in [1.54, 1.807) is 14.2 Å². The van der Waals surface area contributed by atoms with Gasteiger partial charge in [0.15, 0.2) is 0 Å². The molecule has 1 rings (SSSR count). The number of hydrogen-bond donors (Lipinski definition) is 0. The maximum absolute atomic E-state index is 5.13. The van der Waals surface area contributed by atoms with Crippen molar-refractivity contribution in [3.63, 3.8) is 0 Å². The van der Waals surface area contributed by atoms with Crippen molar-refractivity contribution in [3.8, 4) is 0 Å². The summed E-state index contributed by atoms with van der Waals surface area (Å²) in [4.78, 5) is 0. The summed E-state index contributed by atoms with van der Waals surface area (Å²) < 4.78 is 10.7. The molecular weight excluding hydrogens is 255 g/mol. The van der Waals surface area contributed by atoms with Gasteiger partial charge in [-0.1, -0.05) is 22.6 Å². The summed E-state index contributed by atoms with van der Waals surface area (Å²) in [6.45, 7) is 0. The Hall–Kier alpha value is -0.190. The molecule has 0 heterocycles. The van der Waals surface area contributed by atoms with Gasteiger partial charge in [0, 0.05) is 0 Å². The third kappa shape index (κ3) is 2.39. The van der Waals surface area contributed by atoms with Crippen LogP contribution in [0.1, 0.15) is 6.42 Å². The molecule has 0 aromatic rings. The summed E-state index contributed by atoms with van der Waals surface area (Å²) in [6, 6.07) is 0. The SMILES string of the molecule is COC1=CC(I)C=C(OC)C1. The summed E-state index contributed by atoms with van der Waals surface area (Å²) in [5, 5.41) is 0. The molecule has 1 aliphatic carbocycles. The Balaban J connectivity index is 2.64. The highest BCUT2D eigenvalue weighted by Gasteiger charge is 2.12. The zero-order valence-electron chi connectivity index (χ0n) is 6.63. The van der Waals surface area contributed by atoms with Gasteiger partial charge in [-0.3, -0.25) is 0 Å². The molecule has 0 fully saturated rings. The average molecular weight is 266 g/mol. The van der Waals surface area contributed by atoms with E-state index in [4.69, 9.17) is 9.47 Å². The van der Waals surface area contributed by atoms with Crippen LogP contribution in [0, 0.1) is 0 Å². The first kappa shape index (κ1) is 8.90. The van der Waals surface area contributed by atoms with Crippen molar-refractivity contribution >= 4 is 22.6 Å². The zero-order valence-corrected chi connectivity index (χ0v) is 8.79. The van der Waals surface area contributed by atoms with E-state index in [1.165, 1.54) is 0 Å². The van der Waals surface area contributed by atoms with E-state index in [0.717, 1.165) is 17.9 Å². The highest BCUT2D eigenvalue weighted by Crippen LogP contribution is 2.23.